The Bertz CT molecular complexity index is 1510. The summed E-state index contributed by atoms with van der Waals surface area (Å²) in [7, 11) is 0. The number of fused-ring (bicyclic) bond motifs is 1. The number of carbonyl (C=O) groups excluding carboxylic acids is 1. The number of nitrogens with zero attached hydrogens (tertiary/aromatic N) is 2. The molecule has 4 rings (SSSR count). The van der Waals surface area contributed by atoms with Gasteiger partial charge in [-0.3, -0.25) is 9.36 Å². The number of rotatable bonds is 8. The third kappa shape index (κ3) is 5.10. The Kier molecular flexibility index (Phi) is 7.96. The molecule has 0 unspecified atom stereocenters. The number of ether oxygens (including phenoxy) is 3. The lowest BCUT2D eigenvalue weighted by molar-refractivity contribution is -0.139. The van der Waals surface area contributed by atoms with Gasteiger partial charge in [-0.15, -0.1) is 0 Å². The predicted molar refractivity (Wildman–Crippen MR) is 141 cm³/mol. The number of benzene rings is 2. The molecule has 0 saturated carbocycles. The van der Waals surface area contributed by atoms with Crippen molar-refractivity contribution in [2.75, 3.05) is 19.8 Å². The Morgan fingerprint density at radius 3 is 2.53 bits per heavy atom. The summed E-state index contributed by atoms with van der Waals surface area (Å²) in [5.41, 5.74) is 2.04. The summed E-state index contributed by atoms with van der Waals surface area (Å²) in [4.78, 5) is 31.9. The van der Waals surface area contributed by atoms with Gasteiger partial charge in [0.15, 0.2) is 16.3 Å². The van der Waals surface area contributed by atoms with Gasteiger partial charge in [-0.05, 0) is 69.2 Å². The molecule has 0 bridgehead atoms. The summed E-state index contributed by atoms with van der Waals surface area (Å²) in [6.07, 6.45) is 1.78. The maximum absolute atomic E-state index is 13.7. The number of hydrogen-bond donors (Lipinski definition) is 0. The minimum Gasteiger partial charge on any atom is -0.490 e. The van der Waals surface area contributed by atoms with Gasteiger partial charge in [0.05, 0.1) is 41.7 Å². The van der Waals surface area contributed by atoms with Crippen molar-refractivity contribution in [3.63, 3.8) is 0 Å². The molecule has 0 fully saturated rings. The van der Waals surface area contributed by atoms with Crippen LogP contribution in [0.2, 0.25) is 5.02 Å². The van der Waals surface area contributed by atoms with Crippen molar-refractivity contribution in [2.24, 2.45) is 4.99 Å². The molecular weight excluding hydrogens is 500 g/mol. The first-order chi connectivity index (χ1) is 17.4. The highest BCUT2D eigenvalue weighted by atomic mass is 35.5. The highest BCUT2D eigenvalue weighted by Crippen LogP contribution is 2.36. The molecule has 2 aromatic carbocycles. The lowest BCUT2D eigenvalue weighted by Crippen LogP contribution is -2.40. The van der Waals surface area contributed by atoms with Gasteiger partial charge in [-0.1, -0.05) is 41.1 Å². The molecule has 1 aliphatic heterocycles. The van der Waals surface area contributed by atoms with E-state index in [9.17, 15) is 9.59 Å². The molecule has 0 radical (unpaired) electrons. The first kappa shape index (κ1) is 25.7. The second-order valence-corrected chi connectivity index (χ2v) is 9.38. The number of hydrogen-bond acceptors (Lipinski definition) is 7. The van der Waals surface area contributed by atoms with Crippen LogP contribution in [0.3, 0.4) is 0 Å². The molecule has 0 spiro atoms. The van der Waals surface area contributed by atoms with Gasteiger partial charge >= 0.3 is 5.97 Å². The summed E-state index contributed by atoms with van der Waals surface area (Å²) in [6.45, 7) is 8.40. The van der Waals surface area contributed by atoms with Crippen molar-refractivity contribution in [2.45, 2.75) is 33.7 Å². The van der Waals surface area contributed by atoms with E-state index in [2.05, 4.69) is 4.99 Å². The Morgan fingerprint density at radius 1 is 1.08 bits per heavy atom. The number of allylic oxidation sites excluding steroid dienone is 1. The molecule has 1 atom stereocenters. The van der Waals surface area contributed by atoms with Crippen LogP contribution in [0.5, 0.6) is 11.5 Å². The van der Waals surface area contributed by atoms with E-state index >= 15 is 0 Å². The zero-order valence-corrected chi connectivity index (χ0v) is 22.1. The van der Waals surface area contributed by atoms with Gasteiger partial charge in [0.25, 0.3) is 5.56 Å². The molecule has 188 valence electrons. The van der Waals surface area contributed by atoms with Crippen molar-refractivity contribution in [1.29, 1.82) is 0 Å². The molecule has 0 N–H and O–H groups in total. The van der Waals surface area contributed by atoms with Crippen LogP contribution in [0.1, 0.15) is 44.9 Å². The first-order valence-corrected chi connectivity index (χ1v) is 12.9. The van der Waals surface area contributed by atoms with Gasteiger partial charge in [-0.2, -0.15) is 0 Å². The number of thiazole rings is 1. The number of halogens is 1. The number of aromatic nitrogens is 1. The first-order valence-electron chi connectivity index (χ1n) is 11.7. The maximum Gasteiger partial charge on any atom is 0.338 e. The van der Waals surface area contributed by atoms with Crippen LogP contribution >= 0.6 is 22.9 Å². The minimum atomic E-state index is -0.739. The molecule has 36 heavy (non-hydrogen) atoms. The zero-order chi connectivity index (χ0) is 25.8. The monoisotopic (exact) mass is 526 g/mol. The van der Waals surface area contributed by atoms with Gasteiger partial charge in [0.2, 0.25) is 0 Å². The van der Waals surface area contributed by atoms with Crippen LogP contribution in [-0.2, 0) is 9.53 Å². The van der Waals surface area contributed by atoms with E-state index in [0.29, 0.717) is 55.9 Å². The fourth-order valence-electron chi connectivity index (χ4n) is 4.09. The normalized spacial score (nSPS) is 15.4. The maximum atomic E-state index is 13.7. The molecule has 1 aromatic heterocycles. The van der Waals surface area contributed by atoms with Gasteiger partial charge < -0.3 is 14.2 Å². The fourth-order valence-corrected chi connectivity index (χ4v) is 5.34. The van der Waals surface area contributed by atoms with Crippen molar-refractivity contribution in [3.8, 4) is 11.5 Å². The topological polar surface area (TPSA) is 79.1 Å². The molecule has 0 amide bonds. The Morgan fingerprint density at radius 2 is 1.83 bits per heavy atom. The number of esters is 1. The van der Waals surface area contributed by atoms with E-state index in [4.69, 9.17) is 25.8 Å². The summed E-state index contributed by atoms with van der Waals surface area (Å²) in [5.74, 6) is 0.616. The van der Waals surface area contributed by atoms with Crippen LogP contribution in [0.25, 0.3) is 6.08 Å². The van der Waals surface area contributed by atoms with E-state index in [-0.39, 0.29) is 12.2 Å². The summed E-state index contributed by atoms with van der Waals surface area (Å²) in [6, 6.07) is 12.0. The Hall–Kier alpha value is -3.36. The highest BCUT2D eigenvalue weighted by Gasteiger charge is 2.34. The van der Waals surface area contributed by atoms with Crippen molar-refractivity contribution in [1.82, 2.24) is 4.57 Å². The Labute approximate surface area is 217 Å². The van der Waals surface area contributed by atoms with Crippen LogP contribution in [0.4, 0.5) is 0 Å². The van der Waals surface area contributed by atoms with Crippen LogP contribution in [0, 0.1) is 0 Å². The van der Waals surface area contributed by atoms with Gasteiger partial charge in [0, 0.05) is 5.02 Å². The third-order valence-corrected chi connectivity index (χ3v) is 6.76. The average Bonchev–Trinajstić information content (AvgIpc) is 3.14. The van der Waals surface area contributed by atoms with E-state index in [1.807, 2.05) is 38.1 Å². The van der Waals surface area contributed by atoms with E-state index in [1.54, 1.807) is 42.7 Å². The standard InChI is InChI=1S/C27H27ClN2O5S/c1-5-33-20-12-11-18(15-21(20)34-6-2)24-23(26(32)35-7-3)16(4)29-27-30(24)25(31)22(36-27)14-17-9-8-10-19(28)13-17/h8-15,24H,5-7H2,1-4H3/b22-14-/t24-/m0/s1. The molecule has 2 heterocycles. The molecule has 3 aromatic rings. The van der Waals surface area contributed by atoms with Crippen LogP contribution < -0.4 is 24.4 Å². The van der Waals surface area contributed by atoms with E-state index in [1.165, 1.54) is 11.3 Å². The summed E-state index contributed by atoms with van der Waals surface area (Å²) in [5, 5.41) is 0.577. The number of carbonyl (C=O) groups is 1. The lowest BCUT2D eigenvalue weighted by atomic mass is 9.95. The second kappa shape index (κ2) is 11.1. The van der Waals surface area contributed by atoms with E-state index in [0.717, 1.165) is 5.56 Å². The Balaban J connectivity index is 1.95. The van der Waals surface area contributed by atoms with Crippen LogP contribution in [-0.4, -0.2) is 30.4 Å². The molecular formula is C27H27ClN2O5S. The average molecular weight is 527 g/mol. The molecule has 0 saturated heterocycles. The summed E-state index contributed by atoms with van der Waals surface area (Å²) >= 11 is 7.40. The highest BCUT2D eigenvalue weighted by molar-refractivity contribution is 7.07. The molecule has 1 aliphatic rings. The van der Waals surface area contributed by atoms with Crippen molar-refractivity contribution in [3.05, 3.63) is 89.6 Å². The third-order valence-electron chi connectivity index (χ3n) is 5.55. The van der Waals surface area contributed by atoms with Crippen molar-refractivity contribution < 1.29 is 19.0 Å². The quantitative estimate of drug-likeness (QED) is 0.410. The smallest absolute Gasteiger partial charge is 0.338 e. The summed E-state index contributed by atoms with van der Waals surface area (Å²) < 4.78 is 18.9. The van der Waals surface area contributed by atoms with Gasteiger partial charge in [-0.25, -0.2) is 9.79 Å². The minimum absolute atomic E-state index is 0.203. The molecule has 9 heteroatoms. The lowest BCUT2D eigenvalue weighted by Gasteiger charge is -2.25. The zero-order valence-electron chi connectivity index (χ0n) is 20.5. The van der Waals surface area contributed by atoms with E-state index < -0.39 is 12.0 Å². The molecule has 0 aliphatic carbocycles. The largest absolute Gasteiger partial charge is 0.490 e. The van der Waals surface area contributed by atoms with Crippen molar-refractivity contribution >= 4 is 35.0 Å². The van der Waals surface area contributed by atoms with Crippen LogP contribution in [0.15, 0.2) is 63.5 Å². The fraction of sp³-hybridized carbons (Fsp3) is 0.296. The predicted octanol–water partition coefficient (Wildman–Crippen LogP) is 4.25. The van der Waals surface area contributed by atoms with Gasteiger partial charge in [0.1, 0.15) is 0 Å². The molecule has 7 nitrogen and oxygen atoms in total. The second-order valence-electron chi connectivity index (χ2n) is 7.93. The SMILES string of the molecule is CCOC(=O)C1=C(C)N=c2s/c(=C\c3cccc(Cl)c3)c(=O)n2[C@H]1c1ccc(OCC)c(OCC)c1.